The summed E-state index contributed by atoms with van der Waals surface area (Å²) in [5, 5.41) is 15.8. The highest BCUT2D eigenvalue weighted by Crippen LogP contribution is 2.29. The van der Waals surface area contributed by atoms with Gasteiger partial charge in [-0.3, -0.25) is 0 Å². The lowest BCUT2D eigenvalue weighted by Gasteiger charge is -2.18. The minimum Gasteiger partial charge on any atom is -0.338 e. The van der Waals surface area contributed by atoms with Crippen LogP contribution in [-0.2, 0) is 20.0 Å². The summed E-state index contributed by atoms with van der Waals surface area (Å²) in [7, 11) is 1.90. The van der Waals surface area contributed by atoms with Gasteiger partial charge in [-0.25, -0.2) is 9.67 Å². The van der Waals surface area contributed by atoms with E-state index in [-0.39, 0.29) is 0 Å². The van der Waals surface area contributed by atoms with Gasteiger partial charge in [-0.2, -0.15) is 10.1 Å². The topological polar surface area (TPSA) is 79.7 Å². The van der Waals surface area contributed by atoms with Gasteiger partial charge in [0.1, 0.15) is 0 Å². The molecule has 0 atom stereocenters. The van der Waals surface area contributed by atoms with E-state index in [0.29, 0.717) is 5.95 Å². The van der Waals surface area contributed by atoms with Crippen molar-refractivity contribution in [3.05, 3.63) is 64.8 Å². The largest absolute Gasteiger partial charge is 0.338 e. The Morgan fingerprint density at radius 1 is 1.03 bits per heavy atom. The van der Waals surface area contributed by atoms with Crippen LogP contribution in [0.4, 0.5) is 23.1 Å². The zero-order valence-electron chi connectivity index (χ0n) is 17.5. The predicted molar refractivity (Wildman–Crippen MR) is 121 cm³/mol. The third-order valence-electron chi connectivity index (χ3n) is 5.65. The van der Waals surface area contributed by atoms with Crippen molar-refractivity contribution in [3.8, 4) is 0 Å². The summed E-state index contributed by atoms with van der Waals surface area (Å²) < 4.78 is 1.79. The Labute approximate surface area is 175 Å². The number of aryl methyl sites for hydroxylation is 3. The van der Waals surface area contributed by atoms with E-state index in [0.717, 1.165) is 47.7 Å². The number of hydrogen-bond donors (Lipinski definition) is 3. The number of aromatic nitrogens is 4. The molecule has 0 saturated carbocycles. The second-order valence-corrected chi connectivity index (χ2v) is 7.83. The molecule has 0 aliphatic carbocycles. The van der Waals surface area contributed by atoms with E-state index < -0.39 is 0 Å². The Bertz CT molecular complexity index is 1220. The molecule has 3 heterocycles. The Hall–Kier alpha value is -3.45. The van der Waals surface area contributed by atoms with E-state index in [2.05, 4.69) is 76.3 Å². The summed E-state index contributed by atoms with van der Waals surface area (Å²) >= 11 is 0. The number of fused-ring (bicyclic) bond motifs is 2. The molecule has 2 aromatic heterocycles. The fourth-order valence-corrected chi connectivity index (χ4v) is 4.00. The van der Waals surface area contributed by atoms with Gasteiger partial charge in [0, 0.05) is 31.2 Å². The molecule has 30 heavy (non-hydrogen) atoms. The second kappa shape index (κ2) is 7.42. The van der Waals surface area contributed by atoms with Crippen molar-refractivity contribution in [2.24, 2.45) is 7.05 Å². The Kier molecular flexibility index (Phi) is 4.59. The molecule has 7 heteroatoms. The predicted octanol–water partition coefficient (Wildman–Crippen LogP) is 4.11. The van der Waals surface area contributed by atoms with Crippen LogP contribution < -0.4 is 16.0 Å². The van der Waals surface area contributed by atoms with Crippen LogP contribution in [0.25, 0.3) is 11.0 Å². The van der Waals surface area contributed by atoms with E-state index in [9.17, 15) is 0 Å². The average Bonchev–Trinajstić information content (AvgIpc) is 3.06. The molecular weight excluding hydrogens is 374 g/mol. The maximum atomic E-state index is 4.72. The first-order valence-corrected chi connectivity index (χ1v) is 10.2. The second-order valence-electron chi connectivity index (χ2n) is 7.83. The van der Waals surface area contributed by atoms with Gasteiger partial charge in [0.2, 0.25) is 5.95 Å². The van der Waals surface area contributed by atoms with Crippen molar-refractivity contribution in [2.75, 3.05) is 17.2 Å². The Morgan fingerprint density at radius 3 is 2.70 bits per heavy atom. The molecule has 4 aromatic rings. The fourth-order valence-electron chi connectivity index (χ4n) is 4.00. The van der Waals surface area contributed by atoms with Gasteiger partial charge in [-0.05, 0) is 61.2 Å². The highest BCUT2D eigenvalue weighted by Gasteiger charge is 2.14. The molecule has 2 aromatic carbocycles. The summed E-state index contributed by atoms with van der Waals surface area (Å²) in [6, 6.07) is 12.7. The molecule has 7 nitrogen and oxygen atoms in total. The molecule has 1 aliphatic heterocycles. The molecule has 0 bridgehead atoms. The van der Waals surface area contributed by atoms with Gasteiger partial charge >= 0.3 is 0 Å². The Balaban J connectivity index is 1.45. The van der Waals surface area contributed by atoms with E-state index in [1.807, 2.05) is 13.2 Å². The molecule has 0 amide bonds. The summed E-state index contributed by atoms with van der Waals surface area (Å²) in [5.74, 6) is 1.33. The van der Waals surface area contributed by atoms with E-state index in [1.165, 1.54) is 22.3 Å². The van der Waals surface area contributed by atoms with Crippen LogP contribution in [0.15, 0.2) is 42.6 Å². The number of rotatable bonds is 4. The van der Waals surface area contributed by atoms with Gasteiger partial charge < -0.3 is 16.0 Å². The monoisotopic (exact) mass is 399 g/mol. The standard InChI is InChI=1S/C23H25N7/c1-14-5-4-6-15(2)20(14)27-21-19-13-25-23(28-22(19)30(3)29-21)26-18-8-7-17-12-24-10-9-16(17)11-18/h4-8,11,13,24H,9-10,12H2,1-3H3,(H,27,29)(H,25,26,28). The van der Waals surface area contributed by atoms with Gasteiger partial charge in [-0.15, -0.1) is 0 Å². The number of nitrogens with one attached hydrogen (secondary N) is 3. The average molecular weight is 400 g/mol. The molecule has 0 unspecified atom stereocenters. The van der Waals surface area contributed by atoms with Crippen LogP contribution in [-0.4, -0.2) is 26.3 Å². The Morgan fingerprint density at radius 2 is 1.87 bits per heavy atom. The summed E-state index contributed by atoms with van der Waals surface area (Å²) in [4.78, 5) is 9.26. The van der Waals surface area contributed by atoms with Crippen molar-refractivity contribution in [3.63, 3.8) is 0 Å². The van der Waals surface area contributed by atoms with Crippen LogP contribution in [0.2, 0.25) is 0 Å². The third kappa shape index (κ3) is 3.37. The summed E-state index contributed by atoms with van der Waals surface area (Å²) in [6.07, 6.45) is 2.87. The lowest BCUT2D eigenvalue weighted by Crippen LogP contribution is -2.23. The molecule has 0 saturated heterocycles. The van der Waals surface area contributed by atoms with Crippen LogP contribution in [0, 0.1) is 13.8 Å². The normalized spacial score (nSPS) is 13.3. The van der Waals surface area contributed by atoms with Crippen molar-refractivity contribution >= 4 is 34.2 Å². The zero-order chi connectivity index (χ0) is 20.7. The zero-order valence-corrected chi connectivity index (χ0v) is 17.5. The first-order chi connectivity index (χ1) is 14.6. The maximum absolute atomic E-state index is 4.72. The minimum atomic E-state index is 0.568. The van der Waals surface area contributed by atoms with Gasteiger partial charge in [0.05, 0.1) is 5.39 Å². The van der Waals surface area contributed by atoms with E-state index in [1.54, 1.807) is 4.68 Å². The van der Waals surface area contributed by atoms with Crippen molar-refractivity contribution in [1.29, 1.82) is 0 Å². The molecule has 0 fully saturated rings. The molecule has 3 N–H and O–H groups in total. The van der Waals surface area contributed by atoms with Gasteiger partial charge in [0.25, 0.3) is 0 Å². The van der Waals surface area contributed by atoms with E-state index >= 15 is 0 Å². The van der Waals surface area contributed by atoms with Crippen molar-refractivity contribution in [2.45, 2.75) is 26.8 Å². The summed E-state index contributed by atoms with van der Waals surface area (Å²) in [5.41, 5.74) is 7.95. The number of nitrogens with zero attached hydrogens (tertiary/aromatic N) is 4. The van der Waals surface area contributed by atoms with Gasteiger partial charge in [0.15, 0.2) is 11.5 Å². The molecule has 0 spiro atoms. The first kappa shape index (κ1) is 18.6. The quantitative estimate of drug-likeness (QED) is 0.479. The lowest BCUT2D eigenvalue weighted by molar-refractivity contribution is 0.644. The fraction of sp³-hybridized carbons (Fsp3) is 0.261. The highest BCUT2D eigenvalue weighted by molar-refractivity contribution is 5.90. The van der Waals surface area contributed by atoms with Crippen molar-refractivity contribution < 1.29 is 0 Å². The molecule has 152 valence electrons. The minimum absolute atomic E-state index is 0.568. The SMILES string of the molecule is Cc1cccc(C)c1Nc1nn(C)c2nc(Nc3ccc4c(c3)CCNC4)ncc12. The molecule has 0 radical (unpaired) electrons. The van der Waals surface area contributed by atoms with Crippen LogP contribution >= 0.6 is 0 Å². The van der Waals surface area contributed by atoms with E-state index in [4.69, 9.17) is 4.98 Å². The van der Waals surface area contributed by atoms with Crippen molar-refractivity contribution in [1.82, 2.24) is 25.1 Å². The molecular formula is C23H25N7. The lowest BCUT2D eigenvalue weighted by atomic mass is 10.0. The molecule has 5 rings (SSSR count). The third-order valence-corrected chi connectivity index (χ3v) is 5.65. The van der Waals surface area contributed by atoms with Crippen LogP contribution in [0.3, 0.4) is 0 Å². The van der Waals surface area contributed by atoms with Crippen LogP contribution in [0.5, 0.6) is 0 Å². The number of para-hydroxylation sites is 1. The van der Waals surface area contributed by atoms with Crippen LogP contribution in [0.1, 0.15) is 22.3 Å². The maximum Gasteiger partial charge on any atom is 0.229 e. The number of anilines is 4. The highest BCUT2D eigenvalue weighted by atomic mass is 15.3. The molecule has 1 aliphatic rings. The first-order valence-electron chi connectivity index (χ1n) is 10.2. The summed E-state index contributed by atoms with van der Waals surface area (Å²) in [6.45, 7) is 6.13. The smallest absolute Gasteiger partial charge is 0.229 e. The number of hydrogen-bond acceptors (Lipinski definition) is 6. The van der Waals surface area contributed by atoms with Gasteiger partial charge in [-0.1, -0.05) is 24.3 Å². The number of benzene rings is 2.